The largest absolute Gasteiger partial charge is 0.352 e. The van der Waals surface area contributed by atoms with Crippen molar-refractivity contribution in [1.29, 1.82) is 0 Å². The van der Waals surface area contributed by atoms with E-state index in [9.17, 15) is 18.4 Å². The van der Waals surface area contributed by atoms with Crippen LogP contribution in [0.5, 0.6) is 0 Å². The molecule has 1 aromatic heterocycles. The first kappa shape index (κ1) is 21.4. The minimum atomic E-state index is -0.701. The molecule has 0 fully saturated rings. The molecular formula is C23H23F2N3O2. The van der Waals surface area contributed by atoms with Crippen LogP contribution < -0.4 is 10.9 Å². The number of aromatic nitrogens is 2. The number of rotatable bonds is 7. The summed E-state index contributed by atoms with van der Waals surface area (Å²) < 4.78 is 27.7. The maximum absolute atomic E-state index is 13.2. The van der Waals surface area contributed by atoms with E-state index in [0.29, 0.717) is 17.2 Å². The van der Waals surface area contributed by atoms with Gasteiger partial charge in [-0.2, -0.15) is 5.10 Å². The molecule has 0 aliphatic rings. The molecule has 0 bridgehead atoms. The highest BCUT2D eigenvalue weighted by atomic mass is 19.1. The van der Waals surface area contributed by atoms with Gasteiger partial charge in [0.2, 0.25) is 5.91 Å². The first-order chi connectivity index (χ1) is 14.3. The zero-order valence-electron chi connectivity index (χ0n) is 16.9. The number of amides is 1. The quantitative estimate of drug-likeness (QED) is 0.639. The molecule has 3 rings (SSSR count). The second-order valence-electron chi connectivity index (χ2n) is 7.36. The van der Waals surface area contributed by atoms with Crippen molar-refractivity contribution in [1.82, 2.24) is 15.1 Å². The maximum Gasteiger partial charge on any atom is 0.266 e. The van der Waals surface area contributed by atoms with E-state index in [1.807, 2.05) is 24.3 Å². The van der Waals surface area contributed by atoms with E-state index in [2.05, 4.69) is 24.3 Å². The van der Waals surface area contributed by atoms with Gasteiger partial charge < -0.3 is 5.32 Å². The average molecular weight is 411 g/mol. The van der Waals surface area contributed by atoms with Gasteiger partial charge in [-0.15, -0.1) is 0 Å². The predicted octanol–water partition coefficient (Wildman–Crippen LogP) is 4.02. The first-order valence-corrected chi connectivity index (χ1v) is 9.72. The number of carbonyl (C=O) groups excluding carboxylic acids is 1. The number of nitrogens with zero attached hydrogens (tertiary/aromatic N) is 2. The van der Waals surface area contributed by atoms with Gasteiger partial charge in [0, 0.05) is 30.7 Å². The van der Waals surface area contributed by atoms with E-state index in [1.54, 1.807) is 6.07 Å². The molecule has 0 saturated carbocycles. The van der Waals surface area contributed by atoms with Gasteiger partial charge in [0.25, 0.3) is 5.56 Å². The molecule has 1 N–H and O–H groups in total. The van der Waals surface area contributed by atoms with Gasteiger partial charge in [-0.3, -0.25) is 9.59 Å². The summed E-state index contributed by atoms with van der Waals surface area (Å²) in [6.07, 6.45) is 0.0143. The summed E-state index contributed by atoms with van der Waals surface area (Å²) in [5.41, 5.74) is 2.74. The molecule has 0 atom stereocenters. The zero-order chi connectivity index (χ0) is 21.7. The molecule has 7 heteroatoms. The molecule has 0 saturated heterocycles. The Morgan fingerprint density at radius 3 is 2.33 bits per heavy atom. The third-order valence-corrected chi connectivity index (χ3v) is 4.70. The topological polar surface area (TPSA) is 64.0 Å². The Balaban J connectivity index is 1.62. The maximum atomic E-state index is 13.2. The van der Waals surface area contributed by atoms with Crippen molar-refractivity contribution in [3.63, 3.8) is 0 Å². The second-order valence-corrected chi connectivity index (χ2v) is 7.36. The van der Waals surface area contributed by atoms with Crippen LogP contribution in [0, 0.1) is 11.6 Å². The smallest absolute Gasteiger partial charge is 0.266 e. The van der Waals surface area contributed by atoms with Crippen molar-refractivity contribution in [3.05, 3.63) is 87.7 Å². The Hall–Kier alpha value is -3.35. The lowest BCUT2D eigenvalue weighted by Gasteiger charge is -2.10. The fourth-order valence-electron chi connectivity index (χ4n) is 3.01. The molecule has 0 radical (unpaired) electrons. The summed E-state index contributed by atoms with van der Waals surface area (Å²) >= 11 is 0. The molecule has 156 valence electrons. The van der Waals surface area contributed by atoms with Crippen LogP contribution in [-0.2, 0) is 17.9 Å². The molecule has 30 heavy (non-hydrogen) atoms. The minimum absolute atomic E-state index is 0.00190. The van der Waals surface area contributed by atoms with Crippen LogP contribution >= 0.6 is 0 Å². The van der Waals surface area contributed by atoms with Crippen molar-refractivity contribution in [3.8, 4) is 11.3 Å². The summed E-state index contributed by atoms with van der Waals surface area (Å²) in [4.78, 5) is 24.2. The van der Waals surface area contributed by atoms with Crippen LogP contribution in [0.15, 0.2) is 59.4 Å². The lowest BCUT2D eigenvalue weighted by Crippen LogP contribution is -2.28. The van der Waals surface area contributed by atoms with E-state index < -0.39 is 11.6 Å². The summed E-state index contributed by atoms with van der Waals surface area (Å²) in [5, 5.41) is 6.95. The molecule has 1 heterocycles. The van der Waals surface area contributed by atoms with E-state index in [0.717, 1.165) is 23.8 Å². The number of aryl methyl sites for hydroxylation is 1. The number of nitrogens with one attached hydrogen (secondary N) is 1. The Morgan fingerprint density at radius 1 is 1.03 bits per heavy atom. The van der Waals surface area contributed by atoms with Gasteiger partial charge in [-0.05, 0) is 35.2 Å². The fourth-order valence-corrected chi connectivity index (χ4v) is 3.01. The molecule has 0 unspecified atom stereocenters. The number of carbonyl (C=O) groups is 1. The normalized spacial score (nSPS) is 11.0. The minimum Gasteiger partial charge on any atom is -0.352 e. The Bertz CT molecular complexity index is 1070. The van der Waals surface area contributed by atoms with Crippen LogP contribution in [0.3, 0.4) is 0 Å². The highest BCUT2D eigenvalue weighted by Gasteiger charge is 2.08. The molecule has 0 aliphatic carbocycles. The fraction of sp³-hybridized carbons (Fsp3) is 0.261. The molecule has 0 spiro atoms. The standard InChI is InChI=1S/C23H23F2N3O2/c1-15(2)17-3-5-18(6-4-17)21-7-8-23(30)28(27-21)10-9-22(29)26-14-16-11-19(24)13-20(25)12-16/h3-8,11-13,15H,9-10,14H2,1-2H3,(H,26,29). The number of hydrogen-bond acceptors (Lipinski definition) is 3. The van der Waals surface area contributed by atoms with Gasteiger partial charge in [0.15, 0.2) is 0 Å². The van der Waals surface area contributed by atoms with Gasteiger partial charge >= 0.3 is 0 Å². The van der Waals surface area contributed by atoms with Crippen molar-refractivity contribution in [2.24, 2.45) is 0 Å². The van der Waals surface area contributed by atoms with Crippen LogP contribution in [0.25, 0.3) is 11.3 Å². The van der Waals surface area contributed by atoms with Crippen LogP contribution in [-0.4, -0.2) is 15.7 Å². The first-order valence-electron chi connectivity index (χ1n) is 9.72. The molecule has 5 nitrogen and oxygen atoms in total. The third kappa shape index (κ3) is 5.59. The summed E-state index contributed by atoms with van der Waals surface area (Å²) in [6, 6.07) is 14.1. The van der Waals surface area contributed by atoms with Gasteiger partial charge in [-0.1, -0.05) is 38.1 Å². The van der Waals surface area contributed by atoms with Crippen molar-refractivity contribution >= 4 is 5.91 Å². The number of hydrogen-bond donors (Lipinski definition) is 1. The average Bonchev–Trinajstić information content (AvgIpc) is 2.71. The highest BCUT2D eigenvalue weighted by Crippen LogP contribution is 2.20. The molecule has 1 amide bonds. The molecule has 3 aromatic rings. The second kappa shape index (κ2) is 9.43. The highest BCUT2D eigenvalue weighted by molar-refractivity contribution is 5.75. The monoisotopic (exact) mass is 411 g/mol. The van der Waals surface area contributed by atoms with E-state index >= 15 is 0 Å². The zero-order valence-corrected chi connectivity index (χ0v) is 16.9. The van der Waals surface area contributed by atoms with Gasteiger partial charge in [0.1, 0.15) is 11.6 Å². The van der Waals surface area contributed by atoms with E-state index in [-0.39, 0.29) is 31.0 Å². The number of benzene rings is 2. The van der Waals surface area contributed by atoms with Crippen LogP contribution in [0.1, 0.15) is 37.3 Å². The molecular weight excluding hydrogens is 388 g/mol. The van der Waals surface area contributed by atoms with Crippen LogP contribution in [0.4, 0.5) is 8.78 Å². The third-order valence-electron chi connectivity index (χ3n) is 4.70. The summed E-state index contributed by atoms with van der Waals surface area (Å²) in [6.45, 7) is 4.32. The Labute approximate surface area is 173 Å². The summed E-state index contributed by atoms with van der Waals surface area (Å²) in [5.74, 6) is -1.33. The Kier molecular flexibility index (Phi) is 6.72. The SMILES string of the molecule is CC(C)c1ccc(-c2ccc(=O)n(CCC(=O)NCc3cc(F)cc(F)c3)n2)cc1. The Morgan fingerprint density at radius 2 is 1.70 bits per heavy atom. The van der Waals surface area contributed by atoms with Crippen molar-refractivity contribution < 1.29 is 13.6 Å². The number of halogens is 2. The van der Waals surface area contributed by atoms with Crippen molar-refractivity contribution in [2.45, 2.75) is 39.3 Å². The molecule has 0 aliphatic heterocycles. The van der Waals surface area contributed by atoms with E-state index in [4.69, 9.17) is 0 Å². The lowest BCUT2D eigenvalue weighted by atomic mass is 10.0. The summed E-state index contributed by atoms with van der Waals surface area (Å²) in [7, 11) is 0. The lowest BCUT2D eigenvalue weighted by molar-refractivity contribution is -0.121. The predicted molar refractivity (Wildman–Crippen MR) is 111 cm³/mol. The van der Waals surface area contributed by atoms with Crippen LogP contribution in [0.2, 0.25) is 0 Å². The van der Waals surface area contributed by atoms with Crippen molar-refractivity contribution in [2.75, 3.05) is 0 Å². The van der Waals surface area contributed by atoms with Gasteiger partial charge in [-0.25, -0.2) is 13.5 Å². The molecule has 2 aromatic carbocycles. The van der Waals surface area contributed by atoms with E-state index in [1.165, 1.54) is 16.3 Å². The van der Waals surface area contributed by atoms with Gasteiger partial charge in [0.05, 0.1) is 12.2 Å².